The first kappa shape index (κ1) is 13.5. The average molecular weight is 299 g/mol. The molecule has 1 saturated carbocycles. The van der Waals surface area contributed by atoms with E-state index in [2.05, 4.69) is 16.0 Å². The standard InChI is InChI=1S/C16H21N5O/c17-15(22)12-4-7-20(8-5-12)16-14-10-13(11-2-1-3-11)19-21(14)9-6-18-16/h6,9-12H,1-5,7-8H2,(H2,17,22). The van der Waals surface area contributed by atoms with Gasteiger partial charge < -0.3 is 10.6 Å². The van der Waals surface area contributed by atoms with Gasteiger partial charge in [-0.2, -0.15) is 5.10 Å². The number of fused-ring (bicyclic) bond motifs is 1. The number of piperidine rings is 1. The summed E-state index contributed by atoms with van der Waals surface area (Å²) in [6.07, 6.45) is 9.14. The van der Waals surface area contributed by atoms with Crippen LogP contribution in [0.4, 0.5) is 5.82 Å². The topological polar surface area (TPSA) is 76.5 Å². The monoisotopic (exact) mass is 299 g/mol. The molecule has 4 rings (SSSR count). The molecule has 6 heteroatoms. The summed E-state index contributed by atoms with van der Waals surface area (Å²) < 4.78 is 1.94. The van der Waals surface area contributed by atoms with Crippen LogP contribution in [0.25, 0.3) is 5.52 Å². The second kappa shape index (κ2) is 5.26. The summed E-state index contributed by atoms with van der Waals surface area (Å²) in [4.78, 5) is 18.1. The van der Waals surface area contributed by atoms with Crippen LogP contribution in [0.5, 0.6) is 0 Å². The fraction of sp³-hybridized carbons (Fsp3) is 0.562. The Balaban J connectivity index is 1.61. The minimum Gasteiger partial charge on any atom is -0.369 e. The molecule has 1 aliphatic heterocycles. The smallest absolute Gasteiger partial charge is 0.220 e. The Morgan fingerprint density at radius 1 is 1.23 bits per heavy atom. The fourth-order valence-electron chi connectivity index (χ4n) is 3.45. The highest BCUT2D eigenvalue weighted by Gasteiger charge is 2.27. The summed E-state index contributed by atoms with van der Waals surface area (Å²) in [5.41, 5.74) is 7.67. The molecule has 2 aromatic heterocycles. The molecule has 0 bridgehead atoms. The third kappa shape index (κ3) is 2.23. The lowest BCUT2D eigenvalue weighted by Crippen LogP contribution is -2.39. The molecule has 3 heterocycles. The predicted octanol–water partition coefficient (Wildman–Crippen LogP) is 1.70. The lowest BCUT2D eigenvalue weighted by molar-refractivity contribution is -0.122. The van der Waals surface area contributed by atoms with Gasteiger partial charge in [-0.3, -0.25) is 4.79 Å². The molecule has 0 atom stereocenters. The van der Waals surface area contributed by atoms with Gasteiger partial charge in [-0.05, 0) is 31.7 Å². The summed E-state index contributed by atoms with van der Waals surface area (Å²) >= 11 is 0. The third-order valence-electron chi connectivity index (χ3n) is 5.11. The third-order valence-corrected chi connectivity index (χ3v) is 5.11. The molecule has 22 heavy (non-hydrogen) atoms. The zero-order chi connectivity index (χ0) is 15.1. The minimum atomic E-state index is -0.178. The van der Waals surface area contributed by atoms with E-state index >= 15 is 0 Å². The molecule has 116 valence electrons. The fourth-order valence-corrected chi connectivity index (χ4v) is 3.45. The molecule has 1 amide bonds. The number of hydrogen-bond acceptors (Lipinski definition) is 4. The minimum absolute atomic E-state index is 0.00595. The maximum atomic E-state index is 11.3. The lowest BCUT2D eigenvalue weighted by Gasteiger charge is -2.31. The molecule has 0 aromatic carbocycles. The van der Waals surface area contributed by atoms with Crippen molar-refractivity contribution in [3.05, 3.63) is 24.2 Å². The number of nitrogens with two attached hydrogens (primary N) is 1. The summed E-state index contributed by atoms with van der Waals surface area (Å²) in [6, 6.07) is 2.19. The van der Waals surface area contributed by atoms with E-state index in [-0.39, 0.29) is 11.8 Å². The summed E-state index contributed by atoms with van der Waals surface area (Å²) in [5, 5.41) is 4.71. The zero-order valence-electron chi connectivity index (χ0n) is 12.6. The van der Waals surface area contributed by atoms with E-state index in [1.54, 1.807) is 6.20 Å². The Hall–Kier alpha value is -2.11. The van der Waals surface area contributed by atoms with E-state index in [4.69, 9.17) is 10.8 Å². The number of nitrogens with zero attached hydrogens (tertiary/aromatic N) is 4. The van der Waals surface area contributed by atoms with E-state index in [1.807, 2.05) is 10.7 Å². The summed E-state index contributed by atoms with van der Waals surface area (Å²) in [6.45, 7) is 1.65. The van der Waals surface area contributed by atoms with Gasteiger partial charge in [0.15, 0.2) is 5.82 Å². The molecule has 0 spiro atoms. The molecule has 1 aliphatic carbocycles. The Kier molecular flexibility index (Phi) is 3.24. The Bertz CT molecular complexity index is 698. The first-order valence-electron chi connectivity index (χ1n) is 8.11. The van der Waals surface area contributed by atoms with E-state index in [9.17, 15) is 4.79 Å². The number of carbonyl (C=O) groups excluding carboxylic acids is 1. The molecule has 2 N–H and O–H groups in total. The van der Waals surface area contributed by atoms with E-state index in [0.29, 0.717) is 5.92 Å². The van der Waals surface area contributed by atoms with Gasteiger partial charge in [0, 0.05) is 37.3 Å². The van der Waals surface area contributed by atoms with Crippen LogP contribution < -0.4 is 10.6 Å². The molecule has 0 radical (unpaired) electrons. The van der Waals surface area contributed by atoms with Gasteiger partial charge in [0.05, 0.1) is 5.69 Å². The molecular weight excluding hydrogens is 278 g/mol. The Morgan fingerprint density at radius 3 is 2.64 bits per heavy atom. The van der Waals surface area contributed by atoms with Crippen molar-refractivity contribution >= 4 is 17.2 Å². The van der Waals surface area contributed by atoms with Crippen molar-refractivity contribution in [1.29, 1.82) is 0 Å². The van der Waals surface area contributed by atoms with Crippen LogP contribution >= 0.6 is 0 Å². The van der Waals surface area contributed by atoms with Crippen LogP contribution in [0.15, 0.2) is 18.5 Å². The molecule has 1 saturated heterocycles. The van der Waals surface area contributed by atoms with Gasteiger partial charge in [-0.25, -0.2) is 9.50 Å². The van der Waals surface area contributed by atoms with Crippen LogP contribution in [0.3, 0.4) is 0 Å². The van der Waals surface area contributed by atoms with Gasteiger partial charge in [0.2, 0.25) is 5.91 Å². The van der Waals surface area contributed by atoms with Crippen molar-refractivity contribution in [3.8, 4) is 0 Å². The van der Waals surface area contributed by atoms with Crippen LogP contribution in [-0.4, -0.2) is 33.6 Å². The van der Waals surface area contributed by atoms with Crippen molar-refractivity contribution < 1.29 is 4.79 Å². The second-order valence-corrected chi connectivity index (χ2v) is 6.44. The highest BCUT2D eigenvalue weighted by atomic mass is 16.1. The first-order valence-corrected chi connectivity index (χ1v) is 8.11. The number of amides is 1. The maximum absolute atomic E-state index is 11.3. The average Bonchev–Trinajstić information content (AvgIpc) is 2.88. The number of hydrogen-bond donors (Lipinski definition) is 1. The van der Waals surface area contributed by atoms with Crippen molar-refractivity contribution in [3.63, 3.8) is 0 Å². The Morgan fingerprint density at radius 2 is 2.00 bits per heavy atom. The van der Waals surface area contributed by atoms with Crippen LogP contribution in [-0.2, 0) is 4.79 Å². The van der Waals surface area contributed by atoms with Crippen LogP contribution in [0.2, 0.25) is 0 Å². The van der Waals surface area contributed by atoms with E-state index in [1.165, 1.54) is 25.0 Å². The molecule has 2 aromatic rings. The van der Waals surface area contributed by atoms with Gasteiger partial charge in [-0.1, -0.05) is 6.42 Å². The van der Waals surface area contributed by atoms with Crippen molar-refractivity contribution in [2.75, 3.05) is 18.0 Å². The van der Waals surface area contributed by atoms with E-state index in [0.717, 1.165) is 37.3 Å². The molecule has 6 nitrogen and oxygen atoms in total. The Labute approximate surface area is 129 Å². The zero-order valence-corrected chi connectivity index (χ0v) is 12.6. The van der Waals surface area contributed by atoms with Crippen molar-refractivity contribution in [2.45, 2.75) is 38.0 Å². The number of anilines is 1. The quantitative estimate of drug-likeness (QED) is 0.936. The van der Waals surface area contributed by atoms with E-state index < -0.39 is 0 Å². The van der Waals surface area contributed by atoms with Crippen LogP contribution in [0.1, 0.15) is 43.7 Å². The van der Waals surface area contributed by atoms with Crippen LogP contribution in [0, 0.1) is 5.92 Å². The second-order valence-electron chi connectivity index (χ2n) is 6.44. The largest absolute Gasteiger partial charge is 0.369 e. The number of carbonyl (C=O) groups is 1. The molecule has 0 unspecified atom stereocenters. The predicted molar refractivity (Wildman–Crippen MR) is 83.7 cm³/mol. The van der Waals surface area contributed by atoms with Crippen molar-refractivity contribution in [2.24, 2.45) is 11.7 Å². The number of rotatable bonds is 3. The van der Waals surface area contributed by atoms with Crippen molar-refractivity contribution in [1.82, 2.24) is 14.6 Å². The SMILES string of the molecule is NC(=O)C1CCN(c2nccn3nc(C4CCC4)cc23)CC1. The highest BCUT2D eigenvalue weighted by molar-refractivity contribution is 5.77. The maximum Gasteiger partial charge on any atom is 0.220 e. The summed E-state index contributed by atoms with van der Waals surface area (Å²) in [5.74, 6) is 1.42. The summed E-state index contributed by atoms with van der Waals surface area (Å²) in [7, 11) is 0. The first-order chi connectivity index (χ1) is 10.7. The highest BCUT2D eigenvalue weighted by Crippen LogP contribution is 2.37. The molecular formula is C16H21N5O. The normalized spacial score (nSPS) is 20.3. The molecule has 2 fully saturated rings. The van der Waals surface area contributed by atoms with Gasteiger partial charge >= 0.3 is 0 Å². The number of primary amides is 1. The van der Waals surface area contributed by atoms with Gasteiger partial charge in [-0.15, -0.1) is 0 Å². The van der Waals surface area contributed by atoms with Gasteiger partial charge in [0.25, 0.3) is 0 Å². The molecule has 2 aliphatic rings. The number of aromatic nitrogens is 3. The lowest BCUT2D eigenvalue weighted by atomic mass is 9.83. The van der Waals surface area contributed by atoms with Gasteiger partial charge in [0.1, 0.15) is 5.52 Å².